The van der Waals surface area contributed by atoms with Crippen molar-refractivity contribution in [2.24, 2.45) is 0 Å². The molecule has 3 aliphatic rings. The fourth-order valence-corrected chi connectivity index (χ4v) is 7.33. The average molecular weight is 572 g/mol. The van der Waals surface area contributed by atoms with Gasteiger partial charge in [-0.2, -0.15) is 0 Å². The maximum Gasteiger partial charge on any atom is 0.178 e. The smallest absolute Gasteiger partial charge is 0.178 e. The third kappa shape index (κ3) is 3.88. The second-order valence-corrected chi connectivity index (χ2v) is 12.2. The standard InChI is InChI=1S/C38H31F2NO2/c1-37(2)33-23-27(40)11-15-30(33)34-29-14-10-26(39)22-32(29)36-31(35(34)37)16-17-38(43-36,24-6-4-3-5-7-24)25-8-12-28(13-9-25)41-18-20-42-21-19-41/h3-17,22-23H,18-21H2,1-2H3. The predicted octanol–water partition coefficient (Wildman–Crippen LogP) is 8.61. The van der Waals surface area contributed by atoms with E-state index in [0.717, 1.165) is 76.3 Å². The van der Waals surface area contributed by atoms with E-state index >= 15 is 0 Å². The molecule has 2 aliphatic heterocycles. The normalized spacial score (nSPS) is 20.0. The molecule has 5 aromatic rings. The Kier molecular flexibility index (Phi) is 5.79. The van der Waals surface area contributed by atoms with E-state index in [9.17, 15) is 8.78 Å². The summed E-state index contributed by atoms with van der Waals surface area (Å²) in [6.45, 7) is 7.42. The van der Waals surface area contributed by atoms with E-state index in [4.69, 9.17) is 9.47 Å². The lowest BCUT2D eigenvalue weighted by atomic mass is 9.77. The summed E-state index contributed by atoms with van der Waals surface area (Å²) in [7, 11) is 0. The van der Waals surface area contributed by atoms with Gasteiger partial charge >= 0.3 is 0 Å². The van der Waals surface area contributed by atoms with Crippen LogP contribution in [0.1, 0.15) is 41.7 Å². The summed E-state index contributed by atoms with van der Waals surface area (Å²) in [5, 5.41) is 1.60. The van der Waals surface area contributed by atoms with Crippen LogP contribution in [0, 0.1) is 11.6 Å². The minimum atomic E-state index is -0.938. The molecule has 2 heterocycles. The summed E-state index contributed by atoms with van der Waals surface area (Å²) in [6.07, 6.45) is 4.26. The first-order valence-electron chi connectivity index (χ1n) is 14.8. The zero-order valence-corrected chi connectivity index (χ0v) is 24.2. The minimum absolute atomic E-state index is 0.265. The second kappa shape index (κ2) is 9.51. The van der Waals surface area contributed by atoms with Crippen LogP contribution in [0.2, 0.25) is 0 Å². The van der Waals surface area contributed by atoms with Crippen LogP contribution < -0.4 is 9.64 Å². The number of halogens is 2. The summed E-state index contributed by atoms with van der Waals surface area (Å²) < 4.78 is 42.3. The van der Waals surface area contributed by atoms with Gasteiger partial charge in [0.1, 0.15) is 17.4 Å². The lowest BCUT2D eigenvalue weighted by molar-refractivity contribution is 0.122. The minimum Gasteiger partial charge on any atom is -0.472 e. The number of benzene rings is 5. The van der Waals surface area contributed by atoms with E-state index < -0.39 is 11.0 Å². The van der Waals surface area contributed by atoms with Gasteiger partial charge < -0.3 is 14.4 Å². The molecule has 0 spiro atoms. The molecule has 0 aromatic heterocycles. The molecule has 3 nitrogen and oxygen atoms in total. The number of ether oxygens (including phenoxy) is 2. The summed E-state index contributed by atoms with van der Waals surface area (Å²) >= 11 is 0. The molecule has 5 heteroatoms. The van der Waals surface area contributed by atoms with Crippen molar-refractivity contribution in [2.45, 2.75) is 24.9 Å². The Morgan fingerprint density at radius 3 is 2.21 bits per heavy atom. The van der Waals surface area contributed by atoms with Gasteiger partial charge in [-0.3, -0.25) is 0 Å². The Labute approximate surface area is 250 Å². The van der Waals surface area contributed by atoms with Crippen molar-refractivity contribution in [1.82, 2.24) is 0 Å². The van der Waals surface area contributed by atoms with Gasteiger partial charge in [-0.15, -0.1) is 0 Å². The zero-order valence-electron chi connectivity index (χ0n) is 24.2. The highest BCUT2D eigenvalue weighted by Gasteiger charge is 2.44. The van der Waals surface area contributed by atoms with Crippen LogP contribution >= 0.6 is 0 Å². The summed E-state index contributed by atoms with van der Waals surface area (Å²) in [5.41, 5.74) is 6.58. The molecule has 8 rings (SSSR count). The number of nitrogens with zero attached hydrogens (tertiary/aromatic N) is 1. The first-order valence-corrected chi connectivity index (χ1v) is 14.8. The number of hydrogen-bond donors (Lipinski definition) is 0. The summed E-state index contributed by atoms with van der Waals surface area (Å²) in [5.74, 6) is 0.0436. The molecule has 1 atom stereocenters. The van der Waals surface area contributed by atoms with Crippen LogP contribution in [0.3, 0.4) is 0 Å². The Morgan fingerprint density at radius 1 is 0.744 bits per heavy atom. The number of anilines is 1. The van der Waals surface area contributed by atoms with E-state index in [1.807, 2.05) is 30.3 Å². The number of morpholine rings is 1. The maximum absolute atomic E-state index is 15.0. The van der Waals surface area contributed by atoms with Gasteiger partial charge in [-0.1, -0.05) is 74.5 Å². The molecule has 1 unspecified atom stereocenters. The fourth-order valence-electron chi connectivity index (χ4n) is 7.33. The molecule has 0 radical (unpaired) electrons. The molecule has 0 saturated carbocycles. The first-order chi connectivity index (χ1) is 20.9. The van der Waals surface area contributed by atoms with Gasteiger partial charge in [0.25, 0.3) is 0 Å². The summed E-state index contributed by atoms with van der Waals surface area (Å²) in [6, 6.07) is 28.6. The Hall–Kier alpha value is -4.48. The number of rotatable bonds is 3. The molecule has 1 saturated heterocycles. The van der Waals surface area contributed by atoms with Crippen LogP contribution in [0.15, 0.2) is 97.1 Å². The Balaban J connectivity index is 1.36. The van der Waals surface area contributed by atoms with E-state index in [0.29, 0.717) is 11.1 Å². The van der Waals surface area contributed by atoms with Crippen molar-refractivity contribution < 1.29 is 18.3 Å². The van der Waals surface area contributed by atoms with E-state index in [1.165, 1.54) is 12.1 Å². The topological polar surface area (TPSA) is 21.7 Å². The highest BCUT2D eigenvalue weighted by molar-refractivity contribution is 6.08. The molecular weight excluding hydrogens is 540 g/mol. The molecular formula is C38H31F2NO2. The van der Waals surface area contributed by atoms with Crippen molar-refractivity contribution >= 4 is 22.5 Å². The second-order valence-electron chi connectivity index (χ2n) is 12.2. The third-order valence-electron chi connectivity index (χ3n) is 9.43. The Bertz CT molecular complexity index is 1920. The maximum atomic E-state index is 15.0. The van der Waals surface area contributed by atoms with Crippen molar-refractivity contribution in [3.05, 3.63) is 137 Å². The zero-order chi connectivity index (χ0) is 29.3. The van der Waals surface area contributed by atoms with Gasteiger partial charge in [-0.25, -0.2) is 8.78 Å². The van der Waals surface area contributed by atoms with Crippen LogP contribution in [0.25, 0.3) is 28.0 Å². The summed E-state index contributed by atoms with van der Waals surface area (Å²) in [4.78, 5) is 2.33. The highest BCUT2D eigenvalue weighted by atomic mass is 19.1. The molecule has 0 amide bonds. The van der Waals surface area contributed by atoms with E-state index in [-0.39, 0.29) is 11.6 Å². The van der Waals surface area contributed by atoms with E-state index in [2.05, 4.69) is 67.3 Å². The lowest BCUT2D eigenvalue weighted by Crippen LogP contribution is -2.37. The average Bonchev–Trinajstić information content (AvgIpc) is 3.28. The first kappa shape index (κ1) is 26.2. The van der Waals surface area contributed by atoms with Gasteiger partial charge in [0.15, 0.2) is 5.60 Å². The van der Waals surface area contributed by atoms with Crippen molar-refractivity contribution in [2.75, 3.05) is 31.2 Å². The molecule has 0 bridgehead atoms. The molecule has 1 aliphatic carbocycles. The number of fused-ring (bicyclic) bond motifs is 8. The largest absolute Gasteiger partial charge is 0.472 e. The number of hydrogen-bond acceptors (Lipinski definition) is 3. The van der Waals surface area contributed by atoms with Gasteiger partial charge in [-0.05, 0) is 70.1 Å². The Morgan fingerprint density at radius 2 is 1.44 bits per heavy atom. The van der Waals surface area contributed by atoms with Gasteiger partial charge in [0, 0.05) is 46.3 Å². The van der Waals surface area contributed by atoms with Crippen molar-refractivity contribution in [1.29, 1.82) is 0 Å². The van der Waals surface area contributed by atoms with Crippen LogP contribution in [-0.4, -0.2) is 26.3 Å². The van der Waals surface area contributed by atoms with Crippen molar-refractivity contribution in [3.63, 3.8) is 0 Å². The van der Waals surface area contributed by atoms with Gasteiger partial charge in [0.2, 0.25) is 0 Å². The van der Waals surface area contributed by atoms with Crippen molar-refractivity contribution in [3.8, 4) is 16.9 Å². The highest BCUT2D eigenvalue weighted by Crippen LogP contribution is 2.58. The monoisotopic (exact) mass is 571 g/mol. The van der Waals surface area contributed by atoms with Crippen LogP contribution in [0.5, 0.6) is 5.75 Å². The molecule has 43 heavy (non-hydrogen) atoms. The third-order valence-corrected chi connectivity index (χ3v) is 9.43. The molecule has 1 fully saturated rings. The molecule has 214 valence electrons. The molecule has 0 N–H and O–H groups in total. The predicted molar refractivity (Wildman–Crippen MR) is 168 cm³/mol. The quantitative estimate of drug-likeness (QED) is 0.216. The van der Waals surface area contributed by atoms with E-state index in [1.54, 1.807) is 12.1 Å². The van der Waals surface area contributed by atoms with Gasteiger partial charge in [0.05, 0.1) is 13.2 Å². The fraction of sp³-hybridized carbons (Fsp3) is 0.211. The van der Waals surface area contributed by atoms with Crippen LogP contribution in [-0.2, 0) is 15.8 Å². The van der Waals surface area contributed by atoms with Crippen LogP contribution in [0.4, 0.5) is 14.5 Å². The SMILES string of the molecule is CC1(C)c2cc(F)ccc2-c2c1c1c(c3cc(F)ccc23)OC(c2ccccc2)(c2ccc(N3CCOCC3)cc2)C=C1. The molecule has 5 aromatic carbocycles. The lowest BCUT2D eigenvalue weighted by Gasteiger charge is -2.38.